The molecule has 0 radical (unpaired) electrons. The van der Waals surface area contributed by atoms with Gasteiger partial charge in [0.15, 0.2) is 5.82 Å². The zero-order chi connectivity index (χ0) is 21.4. The van der Waals surface area contributed by atoms with Gasteiger partial charge in [-0.3, -0.25) is 4.57 Å². The molecule has 2 N–H and O–H groups in total. The number of nitrogens with zero attached hydrogens (tertiary/aromatic N) is 4. The van der Waals surface area contributed by atoms with Gasteiger partial charge in [-0.25, -0.2) is 18.7 Å². The van der Waals surface area contributed by atoms with Gasteiger partial charge >= 0.3 is 0 Å². The smallest absolute Gasteiger partial charge is 0.150 e. The molecule has 0 atom stereocenters. The zero-order valence-electron chi connectivity index (χ0n) is 16.5. The van der Waals surface area contributed by atoms with Crippen LogP contribution in [0, 0.1) is 11.6 Å². The number of halogens is 2. The van der Waals surface area contributed by atoms with Gasteiger partial charge in [-0.1, -0.05) is 36.4 Å². The molecule has 2 heterocycles. The van der Waals surface area contributed by atoms with E-state index in [4.69, 9.17) is 5.73 Å². The number of hydrogen-bond donors (Lipinski definition) is 1. The quantitative estimate of drug-likeness (QED) is 0.449. The normalized spacial score (nSPS) is 11.3. The molecule has 0 spiro atoms. The van der Waals surface area contributed by atoms with Crippen LogP contribution in [0.3, 0.4) is 0 Å². The number of aromatic nitrogens is 4. The summed E-state index contributed by atoms with van der Waals surface area (Å²) in [5.74, 6) is -1.14. The average molecular weight is 415 g/mol. The molecule has 0 amide bonds. The molecule has 5 aromatic rings. The third kappa shape index (κ3) is 3.29. The average Bonchev–Trinajstić information content (AvgIpc) is 3.39. The second-order valence-electron chi connectivity index (χ2n) is 7.16. The van der Waals surface area contributed by atoms with E-state index >= 15 is 0 Å². The Morgan fingerprint density at radius 3 is 2.39 bits per heavy atom. The van der Waals surface area contributed by atoms with Gasteiger partial charge in [0, 0.05) is 24.3 Å². The lowest BCUT2D eigenvalue weighted by Crippen LogP contribution is -2.09. The monoisotopic (exact) mass is 415 g/mol. The minimum absolute atomic E-state index is 0.166. The van der Waals surface area contributed by atoms with Crippen LogP contribution >= 0.6 is 0 Å². The van der Waals surface area contributed by atoms with E-state index in [9.17, 15) is 8.78 Å². The molecular formula is C24H19F2N5. The highest BCUT2D eigenvalue weighted by Crippen LogP contribution is 2.33. The van der Waals surface area contributed by atoms with Gasteiger partial charge in [0.1, 0.15) is 11.6 Å². The standard InChI is InChI=1S/C24H19F2N5/c25-18-7-4-8-19(26)23(18)24-28-14-22(16-5-2-1-3-6-16)31(24)17-9-10-20-21(13-17)30(12-11-27)15-29-20/h1-10,13-15H,11-12,27H2. The van der Waals surface area contributed by atoms with E-state index in [0.29, 0.717) is 13.1 Å². The second-order valence-corrected chi connectivity index (χ2v) is 7.16. The SMILES string of the molecule is NCCn1cnc2ccc(-n3c(-c4ccccc4)cnc3-c3c(F)cccc3F)cc21. The fraction of sp³-hybridized carbons (Fsp3) is 0.0833. The Balaban J connectivity index is 1.80. The summed E-state index contributed by atoms with van der Waals surface area (Å²) in [5.41, 5.74) is 9.59. The first kappa shape index (κ1) is 19.1. The fourth-order valence-corrected chi connectivity index (χ4v) is 3.82. The number of benzene rings is 3. The summed E-state index contributed by atoms with van der Waals surface area (Å²) >= 11 is 0. The van der Waals surface area contributed by atoms with Gasteiger partial charge in [0.25, 0.3) is 0 Å². The van der Waals surface area contributed by atoms with Crippen molar-refractivity contribution in [1.29, 1.82) is 0 Å². The van der Waals surface area contributed by atoms with E-state index in [1.807, 2.05) is 53.1 Å². The molecule has 0 aliphatic rings. The van der Waals surface area contributed by atoms with Crippen molar-refractivity contribution >= 4 is 11.0 Å². The molecule has 0 unspecified atom stereocenters. The highest BCUT2D eigenvalue weighted by atomic mass is 19.1. The van der Waals surface area contributed by atoms with Gasteiger partial charge in [-0.15, -0.1) is 0 Å². The van der Waals surface area contributed by atoms with Crippen LogP contribution in [-0.2, 0) is 6.54 Å². The minimum atomic E-state index is -0.666. The lowest BCUT2D eigenvalue weighted by Gasteiger charge is -2.14. The van der Waals surface area contributed by atoms with E-state index in [-0.39, 0.29) is 11.4 Å². The highest BCUT2D eigenvalue weighted by molar-refractivity contribution is 5.80. The summed E-state index contributed by atoms with van der Waals surface area (Å²) in [6.07, 6.45) is 3.38. The molecule has 0 aliphatic heterocycles. The lowest BCUT2D eigenvalue weighted by atomic mass is 10.1. The number of hydrogen-bond acceptors (Lipinski definition) is 3. The van der Waals surface area contributed by atoms with Crippen LogP contribution in [0.2, 0.25) is 0 Å². The molecule has 0 fully saturated rings. The van der Waals surface area contributed by atoms with E-state index in [0.717, 1.165) is 28.0 Å². The zero-order valence-corrected chi connectivity index (χ0v) is 16.5. The molecule has 0 aliphatic carbocycles. The first-order chi connectivity index (χ1) is 15.2. The van der Waals surface area contributed by atoms with Crippen molar-refractivity contribution in [3.63, 3.8) is 0 Å². The van der Waals surface area contributed by atoms with Gasteiger partial charge in [-0.05, 0) is 30.3 Å². The van der Waals surface area contributed by atoms with Crippen molar-refractivity contribution in [3.05, 3.63) is 90.9 Å². The van der Waals surface area contributed by atoms with E-state index in [2.05, 4.69) is 9.97 Å². The number of imidazole rings is 2. The Bertz CT molecular complexity index is 1350. The molecule has 2 aromatic heterocycles. The molecule has 0 saturated heterocycles. The van der Waals surface area contributed by atoms with Crippen LogP contribution in [-0.4, -0.2) is 25.6 Å². The van der Waals surface area contributed by atoms with Gasteiger partial charge in [-0.2, -0.15) is 0 Å². The maximum atomic E-state index is 14.7. The molecule has 3 aromatic carbocycles. The third-order valence-electron chi connectivity index (χ3n) is 5.25. The Labute approximate surface area is 177 Å². The van der Waals surface area contributed by atoms with Gasteiger partial charge < -0.3 is 10.3 Å². The lowest BCUT2D eigenvalue weighted by molar-refractivity contribution is 0.587. The Hall–Kier alpha value is -3.84. The summed E-state index contributed by atoms with van der Waals surface area (Å²) in [4.78, 5) is 8.84. The third-order valence-corrected chi connectivity index (χ3v) is 5.25. The first-order valence-corrected chi connectivity index (χ1v) is 9.90. The fourth-order valence-electron chi connectivity index (χ4n) is 3.82. The predicted molar refractivity (Wildman–Crippen MR) is 117 cm³/mol. The van der Waals surface area contributed by atoms with E-state index < -0.39 is 11.6 Å². The van der Waals surface area contributed by atoms with Crippen molar-refractivity contribution in [1.82, 2.24) is 19.1 Å². The number of fused-ring (bicyclic) bond motifs is 1. The topological polar surface area (TPSA) is 61.7 Å². The Morgan fingerprint density at radius 1 is 0.871 bits per heavy atom. The largest absolute Gasteiger partial charge is 0.329 e. The highest BCUT2D eigenvalue weighted by Gasteiger charge is 2.21. The first-order valence-electron chi connectivity index (χ1n) is 9.90. The molecule has 0 bridgehead atoms. The van der Waals surface area contributed by atoms with Crippen LogP contribution < -0.4 is 5.73 Å². The number of rotatable bonds is 5. The van der Waals surface area contributed by atoms with Crippen LogP contribution in [0.5, 0.6) is 0 Å². The molecule has 154 valence electrons. The molecule has 5 nitrogen and oxygen atoms in total. The predicted octanol–water partition coefficient (Wildman–Crippen LogP) is 4.79. The van der Waals surface area contributed by atoms with Crippen LogP contribution in [0.15, 0.2) is 79.3 Å². The van der Waals surface area contributed by atoms with E-state index in [1.54, 1.807) is 17.1 Å². The van der Waals surface area contributed by atoms with Crippen molar-refractivity contribution in [2.75, 3.05) is 6.54 Å². The van der Waals surface area contributed by atoms with Crippen molar-refractivity contribution in [3.8, 4) is 28.3 Å². The maximum Gasteiger partial charge on any atom is 0.150 e. The number of nitrogens with two attached hydrogens (primary N) is 1. The van der Waals surface area contributed by atoms with Gasteiger partial charge in [0.05, 0.1) is 34.8 Å². The molecule has 5 rings (SSSR count). The van der Waals surface area contributed by atoms with Crippen molar-refractivity contribution in [2.45, 2.75) is 6.54 Å². The van der Waals surface area contributed by atoms with Crippen LogP contribution in [0.1, 0.15) is 0 Å². The molecule has 31 heavy (non-hydrogen) atoms. The summed E-state index contributed by atoms with van der Waals surface area (Å²) in [7, 11) is 0. The summed E-state index contributed by atoms with van der Waals surface area (Å²) < 4.78 is 33.1. The summed E-state index contributed by atoms with van der Waals surface area (Å²) in [6, 6.07) is 19.1. The van der Waals surface area contributed by atoms with E-state index in [1.165, 1.54) is 18.2 Å². The summed E-state index contributed by atoms with van der Waals surface area (Å²) in [6.45, 7) is 1.09. The van der Waals surface area contributed by atoms with Crippen molar-refractivity contribution in [2.24, 2.45) is 5.73 Å². The Kier molecular flexibility index (Phi) is 4.80. The Morgan fingerprint density at radius 2 is 1.65 bits per heavy atom. The molecule has 0 saturated carbocycles. The second kappa shape index (κ2) is 7.77. The molecular weight excluding hydrogens is 396 g/mol. The van der Waals surface area contributed by atoms with Gasteiger partial charge in [0.2, 0.25) is 0 Å². The maximum absolute atomic E-state index is 14.7. The van der Waals surface area contributed by atoms with Crippen molar-refractivity contribution < 1.29 is 8.78 Å². The van der Waals surface area contributed by atoms with Crippen LogP contribution in [0.4, 0.5) is 8.78 Å². The molecule has 7 heteroatoms. The summed E-state index contributed by atoms with van der Waals surface area (Å²) in [5, 5.41) is 0. The minimum Gasteiger partial charge on any atom is -0.329 e. The van der Waals surface area contributed by atoms with Crippen LogP contribution in [0.25, 0.3) is 39.4 Å².